The number of aromatic hydroxyl groups is 1. The van der Waals surface area contributed by atoms with Crippen molar-refractivity contribution in [2.45, 2.75) is 12.8 Å². The van der Waals surface area contributed by atoms with Crippen molar-refractivity contribution in [2.75, 3.05) is 6.54 Å². The van der Waals surface area contributed by atoms with Crippen LogP contribution in [0.15, 0.2) is 18.2 Å². The fraction of sp³-hybridized carbons (Fsp3) is 0.273. The molecule has 92 valence electrons. The molecule has 0 aliphatic carbocycles. The van der Waals surface area contributed by atoms with E-state index in [0.717, 1.165) is 6.07 Å². The third kappa shape index (κ3) is 3.75. The average molecular weight is 241 g/mol. The van der Waals surface area contributed by atoms with E-state index < -0.39 is 29.0 Å². The smallest absolute Gasteiger partial charge is 0.303 e. The Bertz CT molecular complexity index is 413. The van der Waals surface area contributed by atoms with Crippen molar-refractivity contribution in [3.05, 3.63) is 29.6 Å². The number of benzene rings is 1. The van der Waals surface area contributed by atoms with Crippen LogP contribution in [0.3, 0.4) is 0 Å². The minimum absolute atomic E-state index is 0.0798. The maximum absolute atomic E-state index is 13.2. The Morgan fingerprint density at radius 3 is 2.65 bits per heavy atom. The summed E-state index contributed by atoms with van der Waals surface area (Å²) in [5.41, 5.74) is -0.428. The molecule has 1 aromatic rings. The molecule has 0 atom stereocenters. The lowest BCUT2D eigenvalue weighted by atomic mass is 10.1. The number of carbonyl (C=O) groups excluding carboxylic acids is 1. The Labute approximate surface area is 96.9 Å². The zero-order valence-corrected chi connectivity index (χ0v) is 8.94. The standard InChI is InChI=1S/C11H12FNO4/c12-7-3-1-4-8(14)10(7)11(17)13-6-2-5-9(15)16/h1,3-4,14H,2,5-6H2,(H,13,17)(H,15,16). The Hall–Kier alpha value is -2.11. The molecule has 0 saturated carbocycles. The first-order valence-electron chi connectivity index (χ1n) is 5.00. The molecule has 0 unspecified atom stereocenters. The van der Waals surface area contributed by atoms with Crippen LogP contribution in [0.1, 0.15) is 23.2 Å². The molecule has 1 aromatic carbocycles. The van der Waals surface area contributed by atoms with Crippen molar-refractivity contribution in [1.82, 2.24) is 5.32 Å². The predicted molar refractivity (Wildman–Crippen MR) is 57.3 cm³/mol. The quantitative estimate of drug-likeness (QED) is 0.674. The Balaban J connectivity index is 2.55. The lowest BCUT2D eigenvalue weighted by molar-refractivity contribution is -0.137. The van der Waals surface area contributed by atoms with Crippen molar-refractivity contribution in [2.24, 2.45) is 0 Å². The molecule has 0 spiro atoms. The summed E-state index contributed by atoms with van der Waals surface area (Å²) in [4.78, 5) is 21.7. The molecule has 3 N–H and O–H groups in total. The van der Waals surface area contributed by atoms with E-state index >= 15 is 0 Å². The van der Waals surface area contributed by atoms with Crippen molar-refractivity contribution in [1.29, 1.82) is 0 Å². The molecule has 0 aliphatic heterocycles. The molecular weight excluding hydrogens is 229 g/mol. The topological polar surface area (TPSA) is 86.6 Å². The number of halogens is 1. The molecule has 0 heterocycles. The number of amides is 1. The molecule has 1 amide bonds. The van der Waals surface area contributed by atoms with Crippen LogP contribution in [0.5, 0.6) is 5.75 Å². The summed E-state index contributed by atoms with van der Waals surface area (Å²) in [6.07, 6.45) is 0.166. The molecule has 0 bridgehead atoms. The minimum Gasteiger partial charge on any atom is -0.507 e. The molecule has 6 heteroatoms. The van der Waals surface area contributed by atoms with Gasteiger partial charge in [0.05, 0.1) is 0 Å². The van der Waals surface area contributed by atoms with Gasteiger partial charge in [0, 0.05) is 13.0 Å². The average Bonchev–Trinajstić information content (AvgIpc) is 2.24. The number of carboxylic acids is 1. The Kier molecular flexibility index (Phi) is 4.45. The highest BCUT2D eigenvalue weighted by Crippen LogP contribution is 2.19. The second kappa shape index (κ2) is 5.83. The van der Waals surface area contributed by atoms with Gasteiger partial charge >= 0.3 is 5.97 Å². The Morgan fingerprint density at radius 1 is 1.35 bits per heavy atom. The highest BCUT2D eigenvalue weighted by atomic mass is 19.1. The number of phenolic OH excluding ortho intramolecular Hbond substituents is 1. The molecular formula is C11H12FNO4. The first-order valence-corrected chi connectivity index (χ1v) is 5.00. The zero-order chi connectivity index (χ0) is 12.8. The lowest BCUT2D eigenvalue weighted by Gasteiger charge is -2.06. The number of rotatable bonds is 5. The molecule has 17 heavy (non-hydrogen) atoms. The zero-order valence-electron chi connectivity index (χ0n) is 8.94. The lowest BCUT2D eigenvalue weighted by Crippen LogP contribution is -2.25. The largest absolute Gasteiger partial charge is 0.507 e. The summed E-state index contributed by atoms with van der Waals surface area (Å²) in [6, 6.07) is 3.55. The van der Waals surface area contributed by atoms with Gasteiger partial charge < -0.3 is 15.5 Å². The predicted octanol–water partition coefficient (Wildman–Crippen LogP) is 1.13. The molecule has 5 nitrogen and oxygen atoms in total. The van der Waals surface area contributed by atoms with Crippen molar-refractivity contribution in [3.8, 4) is 5.75 Å². The van der Waals surface area contributed by atoms with Crippen LogP contribution in [0.4, 0.5) is 4.39 Å². The number of hydrogen-bond acceptors (Lipinski definition) is 3. The van der Waals surface area contributed by atoms with Crippen LogP contribution in [0.2, 0.25) is 0 Å². The summed E-state index contributed by atoms with van der Waals surface area (Å²) in [7, 11) is 0. The number of hydrogen-bond donors (Lipinski definition) is 3. The fourth-order valence-electron chi connectivity index (χ4n) is 1.27. The second-order valence-electron chi connectivity index (χ2n) is 3.39. The monoisotopic (exact) mass is 241 g/mol. The van der Waals surface area contributed by atoms with Gasteiger partial charge in [-0.25, -0.2) is 4.39 Å². The van der Waals surface area contributed by atoms with Crippen LogP contribution < -0.4 is 5.32 Å². The van der Waals surface area contributed by atoms with E-state index in [1.54, 1.807) is 0 Å². The maximum atomic E-state index is 13.2. The molecule has 0 aromatic heterocycles. The van der Waals surface area contributed by atoms with Crippen LogP contribution in [0, 0.1) is 5.82 Å². The van der Waals surface area contributed by atoms with E-state index in [9.17, 15) is 19.1 Å². The van der Waals surface area contributed by atoms with Crippen molar-refractivity contribution >= 4 is 11.9 Å². The van der Waals surface area contributed by atoms with Crippen molar-refractivity contribution in [3.63, 3.8) is 0 Å². The molecule has 1 rings (SSSR count). The maximum Gasteiger partial charge on any atom is 0.303 e. The highest BCUT2D eigenvalue weighted by molar-refractivity contribution is 5.97. The van der Waals surface area contributed by atoms with Crippen LogP contribution >= 0.6 is 0 Å². The SMILES string of the molecule is O=C(O)CCCNC(=O)c1c(O)cccc1F. The molecule has 0 saturated heterocycles. The summed E-state index contributed by atoms with van der Waals surface area (Å²) in [5, 5.41) is 20.0. The number of nitrogens with one attached hydrogen (secondary N) is 1. The van der Waals surface area contributed by atoms with Gasteiger partial charge in [-0.1, -0.05) is 6.07 Å². The number of phenols is 1. The summed E-state index contributed by atoms with van der Waals surface area (Å²) in [5.74, 6) is -2.99. The fourth-order valence-corrected chi connectivity index (χ4v) is 1.27. The van der Waals surface area contributed by atoms with Gasteiger partial charge in [0.1, 0.15) is 17.1 Å². The van der Waals surface area contributed by atoms with E-state index in [4.69, 9.17) is 5.11 Å². The van der Waals surface area contributed by atoms with Gasteiger partial charge in [-0.15, -0.1) is 0 Å². The van der Waals surface area contributed by atoms with E-state index in [1.807, 2.05) is 0 Å². The molecule has 0 radical (unpaired) electrons. The minimum atomic E-state index is -0.965. The van der Waals surface area contributed by atoms with Gasteiger partial charge in [-0.3, -0.25) is 9.59 Å². The third-order valence-electron chi connectivity index (χ3n) is 2.07. The normalized spacial score (nSPS) is 9.94. The number of carboxylic acid groups (broad SMARTS) is 1. The molecule has 0 aliphatic rings. The first kappa shape index (κ1) is 13.0. The highest BCUT2D eigenvalue weighted by Gasteiger charge is 2.15. The first-order chi connectivity index (χ1) is 8.02. The number of carbonyl (C=O) groups is 2. The summed E-state index contributed by atoms with van der Waals surface area (Å²) >= 11 is 0. The van der Waals surface area contributed by atoms with E-state index in [1.165, 1.54) is 12.1 Å². The van der Waals surface area contributed by atoms with E-state index in [-0.39, 0.29) is 19.4 Å². The third-order valence-corrected chi connectivity index (χ3v) is 2.07. The van der Waals surface area contributed by atoms with E-state index in [0.29, 0.717) is 0 Å². The Morgan fingerprint density at radius 2 is 2.06 bits per heavy atom. The van der Waals surface area contributed by atoms with Gasteiger partial charge in [-0.2, -0.15) is 0 Å². The van der Waals surface area contributed by atoms with Crippen LogP contribution in [-0.2, 0) is 4.79 Å². The van der Waals surface area contributed by atoms with Gasteiger partial charge in [-0.05, 0) is 18.6 Å². The second-order valence-corrected chi connectivity index (χ2v) is 3.39. The van der Waals surface area contributed by atoms with Gasteiger partial charge in [0.15, 0.2) is 0 Å². The summed E-state index contributed by atoms with van der Waals surface area (Å²) in [6.45, 7) is 0.110. The molecule has 0 fully saturated rings. The van der Waals surface area contributed by atoms with Crippen LogP contribution in [0.25, 0.3) is 0 Å². The van der Waals surface area contributed by atoms with Gasteiger partial charge in [0.25, 0.3) is 5.91 Å². The van der Waals surface area contributed by atoms with Gasteiger partial charge in [0.2, 0.25) is 0 Å². The summed E-state index contributed by atoms with van der Waals surface area (Å²) < 4.78 is 13.2. The van der Waals surface area contributed by atoms with E-state index in [2.05, 4.69) is 5.32 Å². The van der Waals surface area contributed by atoms with Crippen LogP contribution in [-0.4, -0.2) is 28.6 Å². The number of aliphatic carboxylic acids is 1. The van der Waals surface area contributed by atoms with Crippen molar-refractivity contribution < 1.29 is 24.2 Å².